The van der Waals surface area contributed by atoms with Crippen LogP contribution in [0.5, 0.6) is 0 Å². The first-order chi connectivity index (χ1) is 10.4. The van der Waals surface area contributed by atoms with Gasteiger partial charge in [0.1, 0.15) is 0 Å². The van der Waals surface area contributed by atoms with E-state index in [9.17, 15) is 9.59 Å². The maximum absolute atomic E-state index is 12.4. The Hall–Kier alpha value is -1.55. The minimum atomic E-state index is -0.712. The van der Waals surface area contributed by atoms with Crippen molar-refractivity contribution in [3.63, 3.8) is 0 Å². The Bertz CT molecular complexity index is 565. The number of carboxylic acids is 1. The molecule has 1 amide bonds. The normalized spacial score (nSPS) is 21.4. The smallest absolute Gasteiger partial charge is 0.306 e. The molecule has 0 spiro atoms. The Balaban J connectivity index is 1.92. The first kappa shape index (κ1) is 16.8. The van der Waals surface area contributed by atoms with Gasteiger partial charge in [-0.2, -0.15) is 0 Å². The highest BCUT2D eigenvalue weighted by molar-refractivity contribution is 6.31. The van der Waals surface area contributed by atoms with E-state index in [1.165, 1.54) is 0 Å². The summed E-state index contributed by atoms with van der Waals surface area (Å²) in [5.74, 6) is -0.610. The second kappa shape index (κ2) is 7.14. The van der Waals surface area contributed by atoms with E-state index in [-0.39, 0.29) is 17.7 Å². The van der Waals surface area contributed by atoms with Crippen LogP contribution in [0, 0.1) is 18.8 Å². The molecule has 0 aromatic heterocycles. The van der Waals surface area contributed by atoms with E-state index < -0.39 is 5.97 Å². The number of aliphatic carboxylic acids is 1. The monoisotopic (exact) mass is 323 g/mol. The summed E-state index contributed by atoms with van der Waals surface area (Å²) in [4.78, 5) is 25.0. The number of carbonyl (C=O) groups is 2. The Kier molecular flexibility index (Phi) is 5.46. The number of halogens is 1. The molecule has 1 aliphatic rings. The maximum atomic E-state index is 12.4. The third kappa shape index (κ3) is 4.01. The molecule has 22 heavy (non-hydrogen) atoms. The van der Waals surface area contributed by atoms with Crippen molar-refractivity contribution in [2.75, 3.05) is 11.9 Å². The average Bonchev–Trinajstić information content (AvgIpc) is 2.49. The molecule has 1 N–H and O–H groups in total. The molecule has 2 rings (SSSR count). The molecule has 5 heteroatoms. The van der Waals surface area contributed by atoms with Gasteiger partial charge in [-0.1, -0.05) is 17.7 Å². The van der Waals surface area contributed by atoms with Crippen molar-refractivity contribution >= 4 is 29.2 Å². The summed E-state index contributed by atoms with van der Waals surface area (Å²) in [7, 11) is 1.76. The van der Waals surface area contributed by atoms with Crippen molar-refractivity contribution in [3.05, 3.63) is 28.8 Å². The molecule has 1 aromatic rings. The van der Waals surface area contributed by atoms with Gasteiger partial charge in [-0.05, 0) is 56.2 Å². The van der Waals surface area contributed by atoms with Crippen LogP contribution in [0.1, 0.15) is 37.7 Å². The second-order valence-corrected chi connectivity index (χ2v) is 6.55. The summed E-state index contributed by atoms with van der Waals surface area (Å²) in [5, 5.41) is 9.66. The van der Waals surface area contributed by atoms with Gasteiger partial charge in [0.15, 0.2) is 0 Å². The Morgan fingerprint density at radius 3 is 2.45 bits per heavy atom. The summed E-state index contributed by atoms with van der Waals surface area (Å²) in [5.41, 5.74) is 1.78. The molecule has 1 aliphatic carbocycles. The van der Waals surface area contributed by atoms with Gasteiger partial charge in [-0.15, -0.1) is 0 Å². The SMILES string of the molecule is Cc1ccc(N(C)C(=O)CC2CCC(C(=O)O)CC2)cc1Cl. The third-order valence-corrected chi connectivity index (χ3v) is 4.98. The van der Waals surface area contributed by atoms with Crippen LogP contribution in [-0.4, -0.2) is 24.0 Å². The zero-order valence-electron chi connectivity index (χ0n) is 13.0. The molecule has 4 nitrogen and oxygen atoms in total. The molecule has 0 unspecified atom stereocenters. The van der Waals surface area contributed by atoms with Crippen molar-refractivity contribution in [2.45, 2.75) is 39.0 Å². The molecule has 0 radical (unpaired) electrons. The lowest BCUT2D eigenvalue weighted by atomic mass is 9.80. The maximum Gasteiger partial charge on any atom is 0.306 e. The van der Waals surface area contributed by atoms with Crippen molar-refractivity contribution in [2.24, 2.45) is 11.8 Å². The van der Waals surface area contributed by atoms with E-state index in [0.717, 1.165) is 24.1 Å². The van der Waals surface area contributed by atoms with Crippen LogP contribution in [0.2, 0.25) is 5.02 Å². The number of carboxylic acid groups (broad SMARTS) is 1. The van der Waals surface area contributed by atoms with Gasteiger partial charge in [0.05, 0.1) is 5.92 Å². The number of hydrogen-bond donors (Lipinski definition) is 1. The number of carbonyl (C=O) groups excluding carboxylic acids is 1. The fraction of sp³-hybridized carbons (Fsp3) is 0.529. The molecule has 1 saturated carbocycles. The zero-order chi connectivity index (χ0) is 16.3. The molecule has 0 atom stereocenters. The number of amides is 1. The lowest BCUT2D eigenvalue weighted by Crippen LogP contribution is -2.30. The molecule has 1 fully saturated rings. The van der Waals surface area contributed by atoms with Gasteiger partial charge in [0, 0.05) is 24.2 Å². The molecule has 1 aromatic carbocycles. The van der Waals surface area contributed by atoms with Crippen LogP contribution >= 0.6 is 11.6 Å². The van der Waals surface area contributed by atoms with Crippen molar-refractivity contribution < 1.29 is 14.7 Å². The minimum absolute atomic E-state index is 0.0543. The van der Waals surface area contributed by atoms with Crippen molar-refractivity contribution in [3.8, 4) is 0 Å². The summed E-state index contributed by atoms with van der Waals surface area (Å²) in [6.45, 7) is 1.93. The zero-order valence-corrected chi connectivity index (χ0v) is 13.8. The number of aryl methyl sites for hydroxylation is 1. The first-order valence-corrected chi connectivity index (χ1v) is 8.01. The highest BCUT2D eigenvalue weighted by Crippen LogP contribution is 2.32. The molecule has 0 saturated heterocycles. The van der Waals surface area contributed by atoms with Crippen LogP contribution in [-0.2, 0) is 9.59 Å². The van der Waals surface area contributed by atoms with Gasteiger partial charge in [-0.25, -0.2) is 0 Å². The average molecular weight is 324 g/mol. The number of benzene rings is 1. The molecule has 120 valence electrons. The Morgan fingerprint density at radius 2 is 1.91 bits per heavy atom. The molecule has 0 heterocycles. The van der Waals surface area contributed by atoms with Crippen LogP contribution in [0.25, 0.3) is 0 Å². The van der Waals surface area contributed by atoms with Crippen LogP contribution in [0.4, 0.5) is 5.69 Å². The van der Waals surface area contributed by atoms with Crippen LogP contribution in [0.3, 0.4) is 0 Å². The quantitative estimate of drug-likeness (QED) is 0.914. The number of rotatable bonds is 4. The molecular weight excluding hydrogens is 302 g/mol. The van der Waals surface area contributed by atoms with Gasteiger partial charge in [0.2, 0.25) is 5.91 Å². The topological polar surface area (TPSA) is 57.6 Å². The Labute approximate surface area is 136 Å². The van der Waals surface area contributed by atoms with E-state index in [4.69, 9.17) is 16.7 Å². The van der Waals surface area contributed by atoms with E-state index in [1.807, 2.05) is 19.1 Å². The first-order valence-electron chi connectivity index (χ1n) is 7.64. The summed E-state index contributed by atoms with van der Waals surface area (Å²) in [6.07, 6.45) is 3.44. The lowest BCUT2D eigenvalue weighted by Gasteiger charge is -2.27. The van der Waals surface area contributed by atoms with E-state index in [0.29, 0.717) is 24.3 Å². The second-order valence-electron chi connectivity index (χ2n) is 6.15. The van der Waals surface area contributed by atoms with Gasteiger partial charge in [0.25, 0.3) is 0 Å². The van der Waals surface area contributed by atoms with Gasteiger partial charge < -0.3 is 10.0 Å². The minimum Gasteiger partial charge on any atom is -0.481 e. The van der Waals surface area contributed by atoms with E-state index >= 15 is 0 Å². The summed E-state index contributed by atoms with van der Waals surface area (Å²) < 4.78 is 0. The fourth-order valence-corrected chi connectivity index (χ4v) is 3.11. The predicted octanol–water partition coefficient (Wildman–Crippen LogP) is 3.89. The summed E-state index contributed by atoms with van der Waals surface area (Å²) in [6, 6.07) is 5.59. The number of nitrogens with zero attached hydrogens (tertiary/aromatic N) is 1. The number of anilines is 1. The highest BCUT2D eigenvalue weighted by Gasteiger charge is 2.28. The van der Waals surface area contributed by atoms with Crippen molar-refractivity contribution in [1.29, 1.82) is 0 Å². The highest BCUT2D eigenvalue weighted by atomic mass is 35.5. The van der Waals surface area contributed by atoms with Gasteiger partial charge in [-0.3, -0.25) is 9.59 Å². The van der Waals surface area contributed by atoms with Crippen molar-refractivity contribution in [1.82, 2.24) is 0 Å². The fourth-order valence-electron chi connectivity index (χ4n) is 2.93. The number of hydrogen-bond acceptors (Lipinski definition) is 2. The van der Waals surface area contributed by atoms with E-state index in [2.05, 4.69) is 0 Å². The summed E-state index contributed by atoms with van der Waals surface area (Å²) >= 11 is 6.11. The molecular formula is C17H22ClNO3. The largest absolute Gasteiger partial charge is 0.481 e. The third-order valence-electron chi connectivity index (χ3n) is 4.58. The van der Waals surface area contributed by atoms with Gasteiger partial charge >= 0.3 is 5.97 Å². The van der Waals surface area contributed by atoms with E-state index in [1.54, 1.807) is 18.0 Å². The predicted molar refractivity (Wildman–Crippen MR) is 87.3 cm³/mol. The van der Waals surface area contributed by atoms with Crippen LogP contribution in [0.15, 0.2) is 18.2 Å². The lowest BCUT2D eigenvalue weighted by molar-refractivity contribution is -0.143. The molecule has 0 aliphatic heterocycles. The molecule has 0 bridgehead atoms. The Morgan fingerprint density at radius 1 is 1.27 bits per heavy atom. The van der Waals surface area contributed by atoms with Crippen LogP contribution < -0.4 is 4.90 Å². The standard InChI is InChI=1S/C17H22ClNO3/c1-11-3-8-14(10-15(11)18)19(2)16(20)9-12-4-6-13(7-5-12)17(21)22/h3,8,10,12-13H,4-7,9H2,1-2H3,(H,21,22).